The first-order chi connectivity index (χ1) is 12.3. The molecule has 0 aliphatic carbocycles. The van der Waals surface area contributed by atoms with Gasteiger partial charge >= 0.3 is 0 Å². The van der Waals surface area contributed by atoms with E-state index >= 15 is 0 Å². The van der Waals surface area contributed by atoms with Gasteiger partial charge in [-0.2, -0.15) is 0 Å². The highest BCUT2D eigenvalue weighted by Crippen LogP contribution is 2.24. The van der Waals surface area contributed by atoms with Crippen LogP contribution in [0.4, 0.5) is 5.69 Å². The van der Waals surface area contributed by atoms with E-state index in [1.54, 1.807) is 0 Å². The zero-order valence-corrected chi connectivity index (χ0v) is 15.1. The van der Waals surface area contributed by atoms with Gasteiger partial charge in [-0.1, -0.05) is 13.8 Å². The lowest BCUT2D eigenvalue weighted by atomic mass is 10.2. The standard InChI is InChI=1S/C16H18N4O5S/c1-10(2)16-19-18-13(25-16)9-17-26(23,24)12-5-3-11(4-6-12)20-14(21)7-8-15(20)22/h3-6,10,17H,7-9H2,1-2H3. The van der Waals surface area contributed by atoms with Crippen molar-refractivity contribution in [2.24, 2.45) is 0 Å². The first kappa shape index (κ1) is 18.2. The summed E-state index contributed by atoms with van der Waals surface area (Å²) < 4.78 is 32.5. The van der Waals surface area contributed by atoms with Gasteiger partial charge in [-0.25, -0.2) is 13.1 Å². The lowest BCUT2D eigenvalue weighted by Gasteiger charge is -2.14. The molecule has 2 amide bonds. The third-order valence-corrected chi connectivity index (χ3v) is 5.26. The molecule has 2 heterocycles. The molecular formula is C16H18N4O5S. The Morgan fingerprint density at radius 3 is 2.27 bits per heavy atom. The van der Waals surface area contributed by atoms with Crippen molar-refractivity contribution in [3.63, 3.8) is 0 Å². The van der Waals surface area contributed by atoms with Crippen LogP contribution in [0.5, 0.6) is 0 Å². The number of nitrogens with one attached hydrogen (secondary N) is 1. The molecular weight excluding hydrogens is 360 g/mol. The van der Waals surface area contributed by atoms with Crippen molar-refractivity contribution in [1.82, 2.24) is 14.9 Å². The number of carbonyl (C=O) groups is 2. The maximum absolute atomic E-state index is 12.4. The van der Waals surface area contributed by atoms with Crippen molar-refractivity contribution >= 4 is 27.5 Å². The summed E-state index contributed by atoms with van der Waals surface area (Å²) in [6.07, 6.45) is 0.339. The van der Waals surface area contributed by atoms with Crippen LogP contribution in [0.1, 0.15) is 44.4 Å². The molecule has 1 N–H and O–H groups in total. The summed E-state index contributed by atoms with van der Waals surface area (Å²) in [7, 11) is -3.80. The summed E-state index contributed by atoms with van der Waals surface area (Å²) in [5.41, 5.74) is 0.356. The molecule has 0 spiro atoms. The van der Waals surface area contributed by atoms with E-state index in [2.05, 4.69) is 14.9 Å². The summed E-state index contributed by atoms with van der Waals surface area (Å²) >= 11 is 0. The van der Waals surface area contributed by atoms with Crippen LogP contribution in [-0.2, 0) is 26.2 Å². The van der Waals surface area contributed by atoms with Crippen LogP contribution in [0.2, 0.25) is 0 Å². The highest BCUT2D eigenvalue weighted by atomic mass is 32.2. The number of nitrogens with zero attached hydrogens (tertiary/aromatic N) is 3. The highest BCUT2D eigenvalue weighted by Gasteiger charge is 2.30. The minimum absolute atomic E-state index is 0.00365. The third-order valence-electron chi connectivity index (χ3n) is 3.85. The Bertz CT molecular complexity index is 918. The predicted molar refractivity (Wildman–Crippen MR) is 90.6 cm³/mol. The van der Waals surface area contributed by atoms with E-state index in [-0.39, 0.29) is 47.9 Å². The fraction of sp³-hybridized carbons (Fsp3) is 0.375. The van der Waals surface area contributed by atoms with Gasteiger partial charge in [0.05, 0.1) is 17.1 Å². The minimum Gasteiger partial charge on any atom is -0.424 e. The lowest BCUT2D eigenvalue weighted by Crippen LogP contribution is -2.28. The average molecular weight is 378 g/mol. The van der Waals surface area contributed by atoms with Crippen molar-refractivity contribution in [1.29, 1.82) is 0 Å². The molecule has 0 radical (unpaired) electrons. The van der Waals surface area contributed by atoms with E-state index in [1.807, 2.05) is 13.8 Å². The maximum Gasteiger partial charge on any atom is 0.241 e. The molecule has 0 atom stereocenters. The zero-order chi connectivity index (χ0) is 18.9. The molecule has 1 fully saturated rings. The van der Waals surface area contributed by atoms with Crippen LogP contribution in [0.25, 0.3) is 0 Å². The molecule has 138 valence electrons. The van der Waals surface area contributed by atoms with E-state index in [0.717, 1.165) is 4.90 Å². The van der Waals surface area contributed by atoms with Crippen LogP contribution in [0.3, 0.4) is 0 Å². The Balaban J connectivity index is 1.71. The molecule has 1 aromatic carbocycles. The van der Waals surface area contributed by atoms with Crippen molar-refractivity contribution in [3.8, 4) is 0 Å². The second-order valence-electron chi connectivity index (χ2n) is 6.13. The number of amides is 2. The number of hydrogen-bond acceptors (Lipinski definition) is 7. The second kappa shape index (κ2) is 6.96. The number of benzene rings is 1. The fourth-order valence-corrected chi connectivity index (χ4v) is 3.42. The van der Waals surface area contributed by atoms with Crippen LogP contribution >= 0.6 is 0 Å². The predicted octanol–water partition coefficient (Wildman–Crippen LogP) is 1.32. The smallest absolute Gasteiger partial charge is 0.241 e. The quantitative estimate of drug-likeness (QED) is 0.752. The average Bonchev–Trinajstić information content (AvgIpc) is 3.20. The number of anilines is 1. The normalized spacial score (nSPS) is 15.3. The van der Waals surface area contributed by atoms with Gasteiger partial charge in [-0.15, -0.1) is 10.2 Å². The Labute approximate surface area is 150 Å². The van der Waals surface area contributed by atoms with Gasteiger partial charge < -0.3 is 4.42 Å². The molecule has 1 aliphatic rings. The summed E-state index contributed by atoms with van der Waals surface area (Å²) in [6.45, 7) is 3.64. The maximum atomic E-state index is 12.4. The van der Waals surface area contributed by atoms with Gasteiger partial charge in [0, 0.05) is 18.8 Å². The highest BCUT2D eigenvalue weighted by molar-refractivity contribution is 7.89. The van der Waals surface area contributed by atoms with Gasteiger partial charge in [0.1, 0.15) is 0 Å². The van der Waals surface area contributed by atoms with Crippen molar-refractivity contribution in [3.05, 3.63) is 36.0 Å². The summed E-state index contributed by atoms with van der Waals surface area (Å²) in [5, 5.41) is 7.63. The molecule has 2 aromatic rings. The summed E-state index contributed by atoms with van der Waals surface area (Å²) in [4.78, 5) is 24.5. The first-order valence-corrected chi connectivity index (χ1v) is 9.54. The largest absolute Gasteiger partial charge is 0.424 e. The number of rotatable bonds is 6. The Hall–Kier alpha value is -2.59. The molecule has 0 unspecified atom stereocenters. The third kappa shape index (κ3) is 3.65. The number of hydrogen-bond donors (Lipinski definition) is 1. The number of imide groups is 1. The van der Waals surface area contributed by atoms with E-state index in [1.165, 1.54) is 24.3 Å². The van der Waals surface area contributed by atoms with Gasteiger partial charge in [-0.05, 0) is 24.3 Å². The molecule has 1 aliphatic heterocycles. The Kier molecular flexibility index (Phi) is 4.88. The molecule has 0 bridgehead atoms. The molecule has 1 saturated heterocycles. The molecule has 3 rings (SSSR count). The van der Waals surface area contributed by atoms with Crippen LogP contribution in [0.15, 0.2) is 33.6 Å². The summed E-state index contributed by atoms with van der Waals surface area (Å²) in [5.74, 6) is 0.0734. The molecule has 1 aromatic heterocycles. The molecule has 0 saturated carbocycles. The first-order valence-electron chi connectivity index (χ1n) is 8.06. The Morgan fingerprint density at radius 1 is 1.12 bits per heavy atom. The van der Waals surface area contributed by atoms with E-state index in [9.17, 15) is 18.0 Å². The van der Waals surface area contributed by atoms with E-state index in [0.29, 0.717) is 11.6 Å². The van der Waals surface area contributed by atoms with Crippen molar-refractivity contribution < 1.29 is 22.4 Å². The van der Waals surface area contributed by atoms with Crippen molar-refractivity contribution in [2.45, 2.75) is 44.0 Å². The number of carbonyl (C=O) groups excluding carboxylic acids is 2. The summed E-state index contributed by atoms with van der Waals surface area (Å²) in [6, 6.07) is 5.53. The van der Waals surface area contributed by atoms with Crippen molar-refractivity contribution in [2.75, 3.05) is 4.90 Å². The van der Waals surface area contributed by atoms with Gasteiger partial charge in [0.2, 0.25) is 33.6 Å². The number of sulfonamides is 1. The monoisotopic (exact) mass is 378 g/mol. The topological polar surface area (TPSA) is 122 Å². The van der Waals surface area contributed by atoms with Gasteiger partial charge in [0.15, 0.2) is 0 Å². The molecule has 10 heteroatoms. The fourth-order valence-electron chi connectivity index (χ4n) is 2.45. The van der Waals surface area contributed by atoms with Crippen LogP contribution in [0, 0.1) is 0 Å². The van der Waals surface area contributed by atoms with Crippen LogP contribution in [-0.4, -0.2) is 30.4 Å². The number of aromatic nitrogens is 2. The SMILES string of the molecule is CC(C)c1nnc(CNS(=O)(=O)c2ccc(N3C(=O)CCC3=O)cc2)o1. The van der Waals surface area contributed by atoms with Gasteiger partial charge in [0.25, 0.3) is 0 Å². The van der Waals surface area contributed by atoms with E-state index < -0.39 is 10.0 Å². The molecule has 26 heavy (non-hydrogen) atoms. The zero-order valence-electron chi connectivity index (χ0n) is 14.3. The van der Waals surface area contributed by atoms with Gasteiger partial charge in [-0.3, -0.25) is 14.5 Å². The second-order valence-corrected chi connectivity index (χ2v) is 7.90. The van der Waals surface area contributed by atoms with E-state index in [4.69, 9.17) is 4.42 Å². The molecule has 9 nitrogen and oxygen atoms in total. The lowest BCUT2D eigenvalue weighted by molar-refractivity contribution is -0.121. The van der Waals surface area contributed by atoms with Crippen LogP contribution < -0.4 is 9.62 Å². The Morgan fingerprint density at radius 2 is 1.73 bits per heavy atom. The minimum atomic E-state index is -3.80.